The topological polar surface area (TPSA) is 77.4 Å². The number of likely N-dealkylation sites (N-methyl/N-ethyl adjacent to an activating group) is 1. The number of amidine groups is 1. The molecule has 4 rings (SSSR count). The molecule has 0 atom stereocenters. The number of amides is 1. The van der Waals surface area contributed by atoms with Gasteiger partial charge in [-0.2, -0.15) is 0 Å². The van der Waals surface area contributed by atoms with Crippen LogP contribution in [0.25, 0.3) is 6.08 Å². The van der Waals surface area contributed by atoms with Gasteiger partial charge in [-0.15, -0.1) is 0 Å². The third-order valence-electron chi connectivity index (χ3n) is 5.34. The molecule has 10 heteroatoms. The molecule has 0 spiro atoms. The van der Waals surface area contributed by atoms with E-state index in [1.807, 2.05) is 0 Å². The molecule has 190 valence electrons. The number of methoxy groups -OCH3 is 2. The monoisotopic (exact) mass is 540 g/mol. The Morgan fingerprint density at radius 2 is 1.89 bits per heavy atom. The number of benzene rings is 3. The van der Waals surface area contributed by atoms with Crippen molar-refractivity contribution < 1.29 is 28.2 Å². The highest BCUT2D eigenvalue weighted by Crippen LogP contribution is 2.39. The van der Waals surface area contributed by atoms with E-state index in [1.54, 1.807) is 61.7 Å². The summed E-state index contributed by atoms with van der Waals surface area (Å²) in [5.41, 5.74) is 2.27. The maximum atomic E-state index is 13.5. The SMILES string of the molecule is COC(=O)c1ccc(N=C2SC(=Cc3cc(Cl)c(OCc4cccc(F)c4)c(OC)c3)C(=O)N2C)cc1. The largest absolute Gasteiger partial charge is 0.493 e. The van der Waals surface area contributed by atoms with Gasteiger partial charge in [0.2, 0.25) is 0 Å². The molecule has 0 N–H and O–H groups in total. The van der Waals surface area contributed by atoms with E-state index in [4.69, 9.17) is 25.8 Å². The van der Waals surface area contributed by atoms with Crippen LogP contribution in [0.2, 0.25) is 5.02 Å². The van der Waals surface area contributed by atoms with E-state index in [9.17, 15) is 14.0 Å². The smallest absolute Gasteiger partial charge is 0.337 e. The van der Waals surface area contributed by atoms with E-state index in [2.05, 4.69) is 4.99 Å². The van der Waals surface area contributed by atoms with Crippen molar-refractivity contribution in [3.8, 4) is 11.5 Å². The first-order valence-corrected chi connectivity index (χ1v) is 12.2. The van der Waals surface area contributed by atoms with Gasteiger partial charge < -0.3 is 14.2 Å². The van der Waals surface area contributed by atoms with Gasteiger partial charge in [-0.3, -0.25) is 9.69 Å². The maximum Gasteiger partial charge on any atom is 0.337 e. The van der Waals surface area contributed by atoms with Crippen LogP contribution in [0.4, 0.5) is 10.1 Å². The molecule has 0 saturated carbocycles. The first kappa shape index (κ1) is 26.2. The molecule has 0 aromatic heterocycles. The average molecular weight is 541 g/mol. The van der Waals surface area contributed by atoms with Crippen molar-refractivity contribution >= 4 is 52.2 Å². The Bertz CT molecular complexity index is 1410. The minimum Gasteiger partial charge on any atom is -0.493 e. The summed E-state index contributed by atoms with van der Waals surface area (Å²) >= 11 is 7.68. The van der Waals surface area contributed by atoms with Crippen LogP contribution in [0, 0.1) is 5.82 Å². The lowest BCUT2D eigenvalue weighted by Gasteiger charge is -2.13. The number of carbonyl (C=O) groups is 2. The summed E-state index contributed by atoms with van der Waals surface area (Å²) in [6.07, 6.45) is 1.69. The molecular weight excluding hydrogens is 519 g/mol. The Hall–Kier alpha value is -3.82. The van der Waals surface area contributed by atoms with Crippen molar-refractivity contribution in [1.82, 2.24) is 4.90 Å². The first-order chi connectivity index (χ1) is 17.8. The van der Waals surface area contributed by atoms with Crippen LogP contribution in [0.15, 0.2) is 70.6 Å². The third-order valence-corrected chi connectivity index (χ3v) is 6.68. The van der Waals surface area contributed by atoms with E-state index in [-0.39, 0.29) is 23.4 Å². The highest BCUT2D eigenvalue weighted by Gasteiger charge is 2.30. The average Bonchev–Trinajstić information content (AvgIpc) is 3.15. The van der Waals surface area contributed by atoms with Crippen molar-refractivity contribution in [3.05, 3.63) is 93.1 Å². The van der Waals surface area contributed by atoms with E-state index in [0.29, 0.717) is 43.9 Å². The van der Waals surface area contributed by atoms with Crippen LogP contribution in [0.5, 0.6) is 11.5 Å². The lowest BCUT2D eigenvalue weighted by atomic mass is 10.1. The number of aliphatic imine (C=N–C) groups is 1. The van der Waals surface area contributed by atoms with Gasteiger partial charge >= 0.3 is 5.97 Å². The van der Waals surface area contributed by atoms with Gasteiger partial charge in [-0.25, -0.2) is 14.2 Å². The zero-order valence-electron chi connectivity index (χ0n) is 20.2. The van der Waals surface area contributed by atoms with Gasteiger partial charge in [0, 0.05) is 7.05 Å². The van der Waals surface area contributed by atoms with Crippen LogP contribution >= 0.6 is 23.4 Å². The fourth-order valence-corrected chi connectivity index (χ4v) is 4.71. The minimum atomic E-state index is -0.438. The predicted molar refractivity (Wildman–Crippen MR) is 142 cm³/mol. The summed E-state index contributed by atoms with van der Waals surface area (Å²) in [4.78, 5) is 30.9. The second-order valence-electron chi connectivity index (χ2n) is 7.86. The summed E-state index contributed by atoms with van der Waals surface area (Å²) in [6.45, 7) is 0.105. The van der Waals surface area contributed by atoms with Crippen LogP contribution in [0.1, 0.15) is 21.5 Å². The molecule has 3 aromatic rings. The zero-order chi connectivity index (χ0) is 26.5. The number of rotatable bonds is 7. The lowest BCUT2D eigenvalue weighted by Crippen LogP contribution is -2.23. The molecule has 7 nitrogen and oxygen atoms in total. The number of ether oxygens (including phenoxy) is 3. The van der Waals surface area contributed by atoms with Crippen molar-refractivity contribution in [1.29, 1.82) is 0 Å². The van der Waals surface area contributed by atoms with Gasteiger partial charge in [-0.05, 0) is 77.5 Å². The van der Waals surface area contributed by atoms with Crippen molar-refractivity contribution in [2.45, 2.75) is 6.61 Å². The van der Waals surface area contributed by atoms with Gasteiger partial charge in [0.05, 0.1) is 35.4 Å². The molecule has 1 saturated heterocycles. The lowest BCUT2D eigenvalue weighted by molar-refractivity contribution is -0.121. The predicted octanol–water partition coefficient (Wildman–Crippen LogP) is 6.09. The molecule has 1 fully saturated rings. The minimum absolute atomic E-state index is 0.105. The molecule has 0 unspecified atom stereocenters. The first-order valence-electron chi connectivity index (χ1n) is 11.0. The van der Waals surface area contributed by atoms with Gasteiger partial charge in [0.1, 0.15) is 12.4 Å². The van der Waals surface area contributed by atoms with E-state index in [1.165, 1.54) is 43.0 Å². The number of esters is 1. The Morgan fingerprint density at radius 3 is 2.57 bits per heavy atom. The van der Waals surface area contributed by atoms with Crippen LogP contribution in [0.3, 0.4) is 0 Å². The molecular formula is C27H22ClFN2O5S. The Morgan fingerprint density at radius 1 is 1.14 bits per heavy atom. The number of carbonyl (C=O) groups excluding carboxylic acids is 2. The van der Waals surface area contributed by atoms with E-state index < -0.39 is 5.97 Å². The molecule has 1 aliphatic rings. The van der Waals surface area contributed by atoms with Crippen molar-refractivity contribution in [2.75, 3.05) is 21.3 Å². The Labute approximate surface area is 222 Å². The molecule has 37 heavy (non-hydrogen) atoms. The summed E-state index contributed by atoms with van der Waals surface area (Å²) in [6, 6.07) is 16.0. The summed E-state index contributed by atoms with van der Waals surface area (Å²) in [5, 5.41) is 0.765. The van der Waals surface area contributed by atoms with Gasteiger partial charge in [0.25, 0.3) is 5.91 Å². The molecule has 1 heterocycles. The number of hydrogen-bond donors (Lipinski definition) is 0. The van der Waals surface area contributed by atoms with E-state index in [0.717, 1.165) is 0 Å². The molecule has 1 aliphatic heterocycles. The van der Waals surface area contributed by atoms with Crippen LogP contribution < -0.4 is 9.47 Å². The third kappa shape index (κ3) is 6.12. The highest BCUT2D eigenvalue weighted by atomic mass is 35.5. The van der Waals surface area contributed by atoms with Gasteiger partial charge in [0.15, 0.2) is 16.7 Å². The molecule has 0 aliphatic carbocycles. The van der Waals surface area contributed by atoms with Crippen molar-refractivity contribution in [3.63, 3.8) is 0 Å². The molecule has 1 amide bonds. The Kier molecular flexibility index (Phi) is 8.15. The highest BCUT2D eigenvalue weighted by molar-refractivity contribution is 8.18. The van der Waals surface area contributed by atoms with Crippen LogP contribution in [-0.4, -0.2) is 43.2 Å². The fourth-order valence-electron chi connectivity index (χ4n) is 3.45. The standard InChI is InChI=1S/C27H22ClFN2O5S/c1-31-25(32)23(37-27(31)30-20-9-7-18(8-10-20)26(33)35-3)14-17-12-21(28)24(22(13-17)34-2)36-15-16-5-4-6-19(29)11-16/h4-14H,15H2,1-3H3. The Balaban J connectivity index is 1.54. The van der Waals surface area contributed by atoms with Crippen molar-refractivity contribution in [2.24, 2.45) is 4.99 Å². The van der Waals surface area contributed by atoms with E-state index >= 15 is 0 Å². The van der Waals surface area contributed by atoms with Gasteiger partial charge in [-0.1, -0.05) is 23.7 Å². The number of thioether (sulfide) groups is 1. The zero-order valence-corrected chi connectivity index (χ0v) is 21.7. The summed E-state index contributed by atoms with van der Waals surface area (Å²) in [7, 11) is 4.43. The summed E-state index contributed by atoms with van der Waals surface area (Å²) < 4.78 is 29.4. The second-order valence-corrected chi connectivity index (χ2v) is 9.28. The molecule has 0 bridgehead atoms. The number of nitrogens with zero attached hydrogens (tertiary/aromatic N) is 2. The number of halogens is 2. The number of hydrogen-bond acceptors (Lipinski definition) is 7. The quantitative estimate of drug-likeness (QED) is 0.267. The maximum absolute atomic E-state index is 13.5. The second kappa shape index (κ2) is 11.5. The summed E-state index contributed by atoms with van der Waals surface area (Å²) in [5.74, 6) is -0.330. The molecule has 3 aromatic carbocycles. The normalized spacial score (nSPS) is 15.4. The molecule has 0 radical (unpaired) electrons. The van der Waals surface area contributed by atoms with Crippen LogP contribution in [-0.2, 0) is 16.1 Å². The fraction of sp³-hybridized carbons (Fsp3) is 0.148.